The first-order valence-corrected chi connectivity index (χ1v) is 6.67. The lowest BCUT2D eigenvalue weighted by molar-refractivity contribution is -0.143. The third kappa shape index (κ3) is 3.63. The van der Waals surface area contributed by atoms with Crippen molar-refractivity contribution < 1.29 is 26.3 Å². The minimum atomic E-state index is -4.92. The largest absolute Gasteiger partial charge is 0.417 e. The van der Waals surface area contributed by atoms with Crippen LogP contribution in [0.15, 0.2) is 12.1 Å². The smallest absolute Gasteiger partial charge is 0.317 e. The minimum Gasteiger partial charge on any atom is -0.317 e. The molecule has 2 rings (SSSR count). The normalized spacial score (nSPS) is 18.0. The molecule has 0 aliphatic carbocycles. The van der Waals surface area contributed by atoms with Gasteiger partial charge in [-0.05, 0) is 49.5 Å². The molecular formula is C13H12ClF6N. The Morgan fingerprint density at radius 3 is 2.00 bits per heavy atom. The van der Waals surface area contributed by atoms with Gasteiger partial charge in [-0.25, -0.2) is 0 Å². The number of hydrogen-bond acceptors (Lipinski definition) is 1. The molecule has 1 nitrogen and oxygen atoms in total. The topological polar surface area (TPSA) is 12.0 Å². The number of piperidine rings is 1. The Bertz CT molecular complexity index is 517. The molecule has 0 bridgehead atoms. The molecule has 0 saturated carbocycles. The van der Waals surface area contributed by atoms with Crippen LogP contribution in [0.2, 0.25) is 5.02 Å². The van der Waals surface area contributed by atoms with Gasteiger partial charge in [0.2, 0.25) is 0 Å². The Balaban J connectivity index is 2.57. The first kappa shape index (κ1) is 16.4. The van der Waals surface area contributed by atoms with Crippen molar-refractivity contribution in [1.29, 1.82) is 0 Å². The number of hydrogen-bond donors (Lipinski definition) is 1. The van der Waals surface area contributed by atoms with Crippen molar-refractivity contribution >= 4 is 11.6 Å². The van der Waals surface area contributed by atoms with Crippen LogP contribution >= 0.6 is 11.6 Å². The first-order valence-electron chi connectivity index (χ1n) is 6.29. The molecule has 21 heavy (non-hydrogen) atoms. The quantitative estimate of drug-likeness (QED) is 0.726. The monoisotopic (exact) mass is 331 g/mol. The Labute approximate surface area is 122 Å². The fourth-order valence-electron chi connectivity index (χ4n) is 2.45. The van der Waals surface area contributed by atoms with E-state index in [0.29, 0.717) is 25.9 Å². The summed E-state index contributed by atoms with van der Waals surface area (Å²) in [6.07, 6.45) is -8.84. The Morgan fingerprint density at radius 2 is 1.52 bits per heavy atom. The standard InChI is InChI=1S/C13H12ClF6N/c14-11-9(7-1-3-21-4-2-7)5-8(12(15,16)17)6-10(11)13(18,19)20/h5-7,21H,1-4H2. The van der Waals surface area contributed by atoms with Gasteiger partial charge in [-0.1, -0.05) is 11.6 Å². The van der Waals surface area contributed by atoms with Crippen LogP contribution in [-0.2, 0) is 12.4 Å². The molecule has 0 aromatic heterocycles. The lowest BCUT2D eigenvalue weighted by Crippen LogP contribution is -2.27. The molecule has 0 amide bonds. The molecule has 118 valence electrons. The van der Waals surface area contributed by atoms with Crippen LogP contribution in [0.5, 0.6) is 0 Å². The van der Waals surface area contributed by atoms with E-state index in [1.54, 1.807) is 0 Å². The maximum Gasteiger partial charge on any atom is 0.417 e. The van der Waals surface area contributed by atoms with Crippen LogP contribution in [0.3, 0.4) is 0 Å². The molecule has 0 atom stereocenters. The molecular weight excluding hydrogens is 320 g/mol. The Kier molecular flexibility index (Phi) is 4.44. The van der Waals surface area contributed by atoms with E-state index in [1.807, 2.05) is 0 Å². The first-order chi connectivity index (χ1) is 9.60. The van der Waals surface area contributed by atoms with Crippen molar-refractivity contribution in [2.24, 2.45) is 0 Å². The maximum atomic E-state index is 12.9. The number of alkyl halides is 6. The van der Waals surface area contributed by atoms with E-state index < -0.39 is 34.4 Å². The molecule has 1 fully saturated rings. The third-order valence-electron chi connectivity index (χ3n) is 3.51. The molecule has 8 heteroatoms. The zero-order chi connectivity index (χ0) is 15.8. The van der Waals surface area contributed by atoms with Gasteiger partial charge in [0.1, 0.15) is 0 Å². The average molecular weight is 332 g/mol. The molecule has 1 aliphatic heterocycles. The van der Waals surface area contributed by atoms with E-state index in [9.17, 15) is 26.3 Å². The predicted octanol–water partition coefficient (Wildman–Crippen LogP) is 4.84. The number of halogens is 7. The van der Waals surface area contributed by atoms with E-state index >= 15 is 0 Å². The second-order valence-corrected chi connectivity index (χ2v) is 5.32. The highest BCUT2D eigenvalue weighted by atomic mass is 35.5. The zero-order valence-corrected chi connectivity index (χ0v) is 11.5. The van der Waals surface area contributed by atoms with Gasteiger partial charge >= 0.3 is 12.4 Å². The fourth-order valence-corrected chi connectivity index (χ4v) is 2.82. The van der Waals surface area contributed by atoms with Gasteiger partial charge in [0.25, 0.3) is 0 Å². The summed E-state index contributed by atoms with van der Waals surface area (Å²) in [6.45, 7) is 1.08. The zero-order valence-electron chi connectivity index (χ0n) is 10.7. The van der Waals surface area contributed by atoms with Crippen molar-refractivity contribution in [3.05, 3.63) is 33.8 Å². The van der Waals surface area contributed by atoms with Crippen molar-refractivity contribution in [1.82, 2.24) is 5.32 Å². The summed E-state index contributed by atoms with van der Waals surface area (Å²) in [6, 6.07) is 0.820. The van der Waals surface area contributed by atoms with Gasteiger partial charge in [0.05, 0.1) is 16.1 Å². The predicted molar refractivity (Wildman–Crippen MR) is 66.3 cm³/mol. The van der Waals surface area contributed by atoms with Gasteiger partial charge in [-0.3, -0.25) is 0 Å². The highest BCUT2D eigenvalue weighted by molar-refractivity contribution is 6.32. The molecule has 1 N–H and O–H groups in total. The van der Waals surface area contributed by atoms with Crippen molar-refractivity contribution in [2.45, 2.75) is 31.1 Å². The summed E-state index contributed by atoms with van der Waals surface area (Å²) in [4.78, 5) is 0. The van der Waals surface area contributed by atoms with Gasteiger partial charge < -0.3 is 5.32 Å². The SMILES string of the molecule is FC(F)(F)c1cc(C2CCNCC2)c(Cl)c(C(F)(F)F)c1. The fraction of sp³-hybridized carbons (Fsp3) is 0.538. The molecule has 0 radical (unpaired) electrons. The Hall–Kier alpha value is -0.950. The molecule has 1 heterocycles. The number of rotatable bonds is 1. The van der Waals surface area contributed by atoms with Crippen LogP contribution in [0.4, 0.5) is 26.3 Å². The lowest BCUT2D eigenvalue weighted by atomic mass is 9.87. The highest BCUT2D eigenvalue weighted by Gasteiger charge is 2.40. The van der Waals surface area contributed by atoms with Gasteiger partial charge in [0.15, 0.2) is 0 Å². The number of benzene rings is 1. The second-order valence-electron chi connectivity index (χ2n) is 4.95. The maximum absolute atomic E-state index is 12.9. The average Bonchev–Trinajstić information content (AvgIpc) is 2.37. The minimum absolute atomic E-state index is 0.0692. The highest BCUT2D eigenvalue weighted by Crippen LogP contribution is 2.44. The molecule has 1 saturated heterocycles. The van der Waals surface area contributed by atoms with Gasteiger partial charge in [-0.2, -0.15) is 26.3 Å². The van der Waals surface area contributed by atoms with Crippen molar-refractivity contribution in [3.63, 3.8) is 0 Å². The summed E-state index contributed by atoms with van der Waals surface area (Å²) < 4.78 is 77.1. The van der Waals surface area contributed by atoms with E-state index in [4.69, 9.17) is 11.6 Å². The van der Waals surface area contributed by atoms with Crippen molar-refractivity contribution in [3.8, 4) is 0 Å². The molecule has 1 aliphatic rings. The van der Waals surface area contributed by atoms with Crippen LogP contribution in [0.25, 0.3) is 0 Å². The summed E-state index contributed by atoms with van der Waals surface area (Å²) in [7, 11) is 0. The van der Waals surface area contributed by atoms with Crippen LogP contribution in [0.1, 0.15) is 35.4 Å². The Morgan fingerprint density at radius 1 is 0.952 bits per heavy atom. The summed E-state index contributed by atoms with van der Waals surface area (Å²) >= 11 is 5.74. The third-order valence-corrected chi connectivity index (χ3v) is 3.93. The lowest BCUT2D eigenvalue weighted by Gasteiger charge is -2.26. The molecule has 0 spiro atoms. The molecule has 0 unspecified atom stereocenters. The summed E-state index contributed by atoms with van der Waals surface area (Å²) in [5.74, 6) is -0.401. The number of nitrogens with one attached hydrogen (secondary N) is 1. The van der Waals surface area contributed by atoms with Crippen LogP contribution in [0, 0.1) is 0 Å². The van der Waals surface area contributed by atoms with Crippen LogP contribution in [-0.4, -0.2) is 13.1 Å². The summed E-state index contributed by atoms with van der Waals surface area (Å²) in [5.41, 5.74) is -2.81. The second kappa shape index (κ2) is 5.68. The van der Waals surface area contributed by atoms with Crippen LogP contribution < -0.4 is 5.32 Å². The summed E-state index contributed by atoms with van der Waals surface area (Å²) in [5, 5.41) is 2.38. The van der Waals surface area contributed by atoms with E-state index in [-0.39, 0.29) is 11.6 Å². The van der Waals surface area contributed by atoms with E-state index in [2.05, 4.69) is 5.32 Å². The molecule has 1 aromatic rings. The molecule has 1 aromatic carbocycles. The van der Waals surface area contributed by atoms with Crippen molar-refractivity contribution in [2.75, 3.05) is 13.1 Å². The van der Waals surface area contributed by atoms with E-state index in [0.717, 1.165) is 6.07 Å². The van der Waals surface area contributed by atoms with Gasteiger partial charge in [-0.15, -0.1) is 0 Å². The van der Waals surface area contributed by atoms with Gasteiger partial charge in [0, 0.05) is 0 Å². The van der Waals surface area contributed by atoms with E-state index in [1.165, 1.54) is 0 Å².